The molecule has 9 heteroatoms. The van der Waals surface area contributed by atoms with Gasteiger partial charge in [-0.15, -0.1) is 0 Å². The van der Waals surface area contributed by atoms with E-state index >= 15 is 0 Å². The summed E-state index contributed by atoms with van der Waals surface area (Å²) < 4.78 is 16.8. The lowest BCUT2D eigenvalue weighted by Crippen LogP contribution is -2.39. The molecule has 0 radical (unpaired) electrons. The summed E-state index contributed by atoms with van der Waals surface area (Å²) in [5.41, 5.74) is 13.3. The molecule has 2 aromatic heterocycles. The third kappa shape index (κ3) is 4.25. The number of carbonyl (C=O) groups excluding carboxylic acids is 1. The largest absolute Gasteiger partial charge is 0.365 e. The number of benzene rings is 1. The van der Waals surface area contributed by atoms with E-state index in [4.69, 9.17) is 11.5 Å². The minimum Gasteiger partial charge on any atom is -0.365 e. The number of primary amides is 1. The van der Waals surface area contributed by atoms with E-state index in [1.54, 1.807) is 0 Å². The Hall–Kier alpha value is -3.20. The number of hydrogen-bond acceptors (Lipinski definition) is 6. The molecule has 1 aromatic carbocycles. The van der Waals surface area contributed by atoms with E-state index in [-0.39, 0.29) is 29.3 Å². The van der Waals surface area contributed by atoms with Crippen LogP contribution < -0.4 is 22.1 Å². The fourth-order valence-corrected chi connectivity index (χ4v) is 4.03. The van der Waals surface area contributed by atoms with Crippen LogP contribution in [0.3, 0.4) is 0 Å². The molecule has 0 bridgehead atoms. The summed E-state index contributed by atoms with van der Waals surface area (Å²) in [4.78, 5) is 16.4. The Morgan fingerprint density at radius 3 is 2.69 bits per heavy atom. The Labute approximate surface area is 185 Å². The molecule has 2 heterocycles. The lowest BCUT2D eigenvalue weighted by Gasteiger charge is -2.24. The summed E-state index contributed by atoms with van der Waals surface area (Å²) in [6.45, 7) is 1.90. The summed E-state index contributed by atoms with van der Waals surface area (Å²) in [6, 6.07) is 7.07. The van der Waals surface area contributed by atoms with Crippen LogP contribution >= 0.6 is 0 Å². The standard InChI is InChI=1S/C23H28FN7O/c1-12(25)19(8-13-2-3-13)29-23-18(24)10-17(21(26)32)22(30-23)28-15-5-4-14-11-27-31(16-6-7-16)20(14)9-15/h4-5,9-13,16,19H,2-3,6-8,25H2,1H3,(H2,26,32)(H2,28,29,30). The highest BCUT2D eigenvalue weighted by molar-refractivity contribution is 5.99. The molecule has 32 heavy (non-hydrogen) atoms. The van der Waals surface area contributed by atoms with Crippen LogP contribution in [0.15, 0.2) is 30.5 Å². The first-order valence-electron chi connectivity index (χ1n) is 11.2. The third-order valence-electron chi connectivity index (χ3n) is 6.24. The number of rotatable bonds is 9. The Morgan fingerprint density at radius 2 is 2.03 bits per heavy atom. The Kier molecular flexibility index (Phi) is 5.21. The van der Waals surface area contributed by atoms with Crippen molar-refractivity contribution in [2.24, 2.45) is 17.4 Å². The second kappa shape index (κ2) is 8.05. The smallest absolute Gasteiger partial charge is 0.252 e. The average Bonchev–Trinajstić information content (AvgIpc) is 3.68. The number of aromatic nitrogens is 3. The topological polar surface area (TPSA) is 124 Å². The van der Waals surface area contributed by atoms with Gasteiger partial charge in [0.15, 0.2) is 11.6 Å². The molecular formula is C23H28FN7O. The van der Waals surface area contributed by atoms with Gasteiger partial charge in [0.2, 0.25) is 0 Å². The van der Waals surface area contributed by atoms with E-state index in [9.17, 15) is 9.18 Å². The molecule has 0 aliphatic heterocycles. The van der Waals surface area contributed by atoms with Crippen LogP contribution in [0.25, 0.3) is 10.9 Å². The van der Waals surface area contributed by atoms with E-state index in [1.807, 2.05) is 36.0 Å². The maximum atomic E-state index is 14.8. The molecule has 2 fully saturated rings. The minimum absolute atomic E-state index is 0.0108. The highest BCUT2D eigenvalue weighted by atomic mass is 19.1. The number of hydrogen-bond donors (Lipinski definition) is 4. The monoisotopic (exact) mass is 437 g/mol. The molecule has 6 N–H and O–H groups in total. The highest BCUT2D eigenvalue weighted by Crippen LogP contribution is 2.38. The van der Waals surface area contributed by atoms with Crippen LogP contribution in [0, 0.1) is 11.7 Å². The molecular weight excluding hydrogens is 409 g/mol. The second-order valence-electron chi connectivity index (χ2n) is 9.09. The van der Waals surface area contributed by atoms with Gasteiger partial charge in [0, 0.05) is 23.2 Å². The van der Waals surface area contributed by atoms with Crippen molar-refractivity contribution in [2.75, 3.05) is 10.6 Å². The third-order valence-corrected chi connectivity index (χ3v) is 6.24. The molecule has 2 aliphatic rings. The van der Waals surface area contributed by atoms with E-state index in [1.165, 1.54) is 12.8 Å². The molecule has 1 amide bonds. The van der Waals surface area contributed by atoms with Crippen molar-refractivity contribution in [2.45, 2.75) is 57.2 Å². The van der Waals surface area contributed by atoms with E-state index in [0.29, 0.717) is 17.6 Å². The number of amides is 1. The number of halogens is 1. The number of pyridine rings is 1. The molecule has 0 saturated heterocycles. The van der Waals surface area contributed by atoms with Crippen molar-refractivity contribution in [3.63, 3.8) is 0 Å². The SMILES string of the molecule is CC(N)C(CC1CC1)Nc1nc(Nc2ccc3cnn(C4CC4)c3c2)c(C(N)=O)cc1F. The average molecular weight is 438 g/mol. The van der Waals surface area contributed by atoms with Crippen LogP contribution in [-0.4, -0.2) is 32.8 Å². The van der Waals surface area contributed by atoms with Gasteiger partial charge in [0.05, 0.1) is 23.3 Å². The van der Waals surface area contributed by atoms with Crippen LogP contribution in [-0.2, 0) is 0 Å². The fraction of sp³-hybridized carbons (Fsp3) is 0.435. The summed E-state index contributed by atoms with van der Waals surface area (Å²) >= 11 is 0. The Morgan fingerprint density at radius 1 is 1.25 bits per heavy atom. The highest BCUT2D eigenvalue weighted by Gasteiger charge is 2.29. The summed E-state index contributed by atoms with van der Waals surface area (Å²) in [6.07, 6.45) is 7.30. The maximum Gasteiger partial charge on any atom is 0.252 e. The summed E-state index contributed by atoms with van der Waals surface area (Å²) in [7, 11) is 0. The number of nitrogens with zero attached hydrogens (tertiary/aromatic N) is 3. The molecule has 2 saturated carbocycles. The van der Waals surface area contributed by atoms with Crippen LogP contribution in [0.1, 0.15) is 55.4 Å². The van der Waals surface area contributed by atoms with Gasteiger partial charge in [0.25, 0.3) is 5.91 Å². The van der Waals surface area contributed by atoms with Crippen LogP contribution in [0.4, 0.5) is 21.7 Å². The maximum absolute atomic E-state index is 14.8. The predicted molar refractivity (Wildman–Crippen MR) is 122 cm³/mol. The molecule has 2 unspecified atom stereocenters. The first-order valence-corrected chi connectivity index (χ1v) is 11.2. The van der Waals surface area contributed by atoms with Crippen LogP contribution in [0.5, 0.6) is 0 Å². The van der Waals surface area contributed by atoms with E-state index < -0.39 is 11.7 Å². The van der Waals surface area contributed by atoms with Gasteiger partial charge in [-0.1, -0.05) is 12.8 Å². The number of anilines is 3. The zero-order valence-electron chi connectivity index (χ0n) is 18.0. The van der Waals surface area contributed by atoms with Gasteiger partial charge in [-0.25, -0.2) is 9.37 Å². The molecule has 2 aliphatic carbocycles. The van der Waals surface area contributed by atoms with E-state index in [2.05, 4.69) is 20.7 Å². The van der Waals surface area contributed by atoms with Gasteiger partial charge in [-0.05, 0) is 56.4 Å². The molecule has 8 nitrogen and oxygen atoms in total. The number of fused-ring (bicyclic) bond motifs is 1. The lowest BCUT2D eigenvalue weighted by atomic mass is 10.0. The normalized spacial score (nSPS) is 17.8. The van der Waals surface area contributed by atoms with Gasteiger partial charge in [-0.2, -0.15) is 5.10 Å². The zero-order valence-corrected chi connectivity index (χ0v) is 18.0. The van der Waals surface area contributed by atoms with Gasteiger partial charge in [-0.3, -0.25) is 9.48 Å². The van der Waals surface area contributed by atoms with Crippen molar-refractivity contribution < 1.29 is 9.18 Å². The molecule has 0 spiro atoms. The summed E-state index contributed by atoms with van der Waals surface area (Å²) in [5.74, 6) is -0.505. The van der Waals surface area contributed by atoms with Gasteiger partial charge >= 0.3 is 0 Å². The van der Waals surface area contributed by atoms with Gasteiger partial charge < -0.3 is 22.1 Å². The van der Waals surface area contributed by atoms with Crippen molar-refractivity contribution in [1.29, 1.82) is 0 Å². The van der Waals surface area contributed by atoms with Crippen LogP contribution in [0.2, 0.25) is 0 Å². The molecule has 2 atom stereocenters. The summed E-state index contributed by atoms with van der Waals surface area (Å²) in [5, 5.41) is 11.8. The van der Waals surface area contributed by atoms with Crippen molar-refractivity contribution in [1.82, 2.24) is 14.8 Å². The Bertz CT molecular complexity index is 1170. The molecule has 168 valence electrons. The zero-order chi connectivity index (χ0) is 22.4. The number of nitrogens with two attached hydrogens (primary N) is 2. The quantitative estimate of drug-likeness (QED) is 0.405. The molecule has 5 rings (SSSR count). The Balaban J connectivity index is 1.46. The second-order valence-corrected chi connectivity index (χ2v) is 9.09. The van der Waals surface area contributed by atoms with Crippen molar-refractivity contribution >= 4 is 34.1 Å². The van der Waals surface area contributed by atoms with Crippen molar-refractivity contribution in [3.8, 4) is 0 Å². The minimum atomic E-state index is -0.753. The number of nitrogens with one attached hydrogen (secondary N) is 2. The van der Waals surface area contributed by atoms with E-state index in [0.717, 1.165) is 36.2 Å². The fourth-order valence-electron chi connectivity index (χ4n) is 4.03. The number of carbonyl (C=O) groups is 1. The van der Waals surface area contributed by atoms with Crippen molar-refractivity contribution in [3.05, 3.63) is 41.8 Å². The predicted octanol–water partition coefficient (Wildman–Crippen LogP) is 3.68. The lowest BCUT2D eigenvalue weighted by molar-refractivity contribution is 0.100. The first kappa shape index (κ1) is 20.7. The first-order chi connectivity index (χ1) is 15.4. The van der Waals surface area contributed by atoms with Gasteiger partial charge in [0.1, 0.15) is 5.82 Å². The molecule has 3 aromatic rings.